The molecule has 8 bridgehead atoms. The van der Waals surface area contributed by atoms with Gasteiger partial charge < -0.3 is 0 Å². The zero-order valence-corrected chi connectivity index (χ0v) is 33.1. The normalized spacial score (nSPS) is 36.5. The molecule has 52 heavy (non-hydrogen) atoms. The zero-order valence-electron chi connectivity index (χ0n) is 33.1. The van der Waals surface area contributed by atoms with E-state index in [2.05, 4.69) is 88.5 Å². The highest BCUT2D eigenvalue weighted by Crippen LogP contribution is 2.51. The minimum absolute atomic E-state index is 0.683. The Kier molecular flexibility index (Phi) is 9.90. The summed E-state index contributed by atoms with van der Waals surface area (Å²) < 4.78 is 0. The molecule has 0 heteroatoms. The highest BCUT2D eigenvalue weighted by Gasteiger charge is 2.35. The van der Waals surface area contributed by atoms with Gasteiger partial charge in [0.1, 0.15) is 0 Å². The topological polar surface area (TPSA) is 0 Å². The summed E-state index contributed by atoms with van der Waals surface area (Å²) >= 11 is 0. The van der Waals surface area contributed by atoms with Crippen molar-refractivity contribution in [2.24, 2.45) is 47.3 Å². The number of fused-ring (bicyclic) bond motifs is 6. The number of hydrogen-bond acceptors (Lipinski definition) is 0. The molecule has 0 amide bonds. The van der Waals surface area contributed by atoms with Gasteiger partial charge in [-0.05, 0) is 191 Å². The van der Waals surface area contributed by atoms with Crippen molar-refractivity contribution in [3.05, 3.63) is 128 Å². The maximum absolute atomic E-state index is 2.69. The van der Waals surface area contributed by atoms with Gasteiger partial charge in [-0.3, -0.25) is 0 Å². The average molecular weight is 691 g/mol. The highest BCUT2D eigenvalue weighted by atomic mass is 14.4. The molecular formula is C52H66. The molecule has 0 N–H and O–H groups in total. The van der Waals surface area contributed by atoms with Crippen molar-refractivity contribution in [2.45, 2.75) is 143 Å². The third-order valence-corrected chi connectivity index (χ3v) is 15.6. The number of rotatable bonds is 4. The van der Waals surface area contributed by atoms with E-state index in [1.54, 1.807) is 66.9 Å². The van der Waals surface area contributed by atoms with Crippen molar-refractivity contribution in [1.82, 2.24) is 0 Å². The predicted molar refractivity (Wildman–Crippen MR) is 222 cm³/mol. The van der Waals surface area contributed by atoms with E-state index in [9.17, 15) is 0 Å². The lowest BCUT2D eigenvalue weighted by atomic mass is 9.73. The monoisotopic (exact) mass is 691 g/mol. The predicted octanol–water partition coefficient (Wildman–Crippen LogP) is 14.7. The zero-order chi connectivity index (χ0) is 35.3. The Hall–Kier alpha value is -2.86. The lowest BCUT2D eigenvalue weighted by molar-refractivity contribution is 0.319. The molecule has 9 aliphatic rings. The molecule has 0 saturated heterocycles. The molecule has 274 valence electrons. The van der Waals surface area contributed by atoms with E-state index in [1.165, 1.54) is 103 Å². The molecule has 0 atom stereocenters. The summed E-state index contributed by atoms with van der Waals surface area (Å²) in [5, 5.41) is 0. The molecule has 0 radical (unpaired) electrons. The van der Waals surface area contributed by atoms with Crippen LogP contribution in [-0.4, -0.2) is 0 Å². The Balaban J connectivity index is 1.22. The first-order valence-electron chi connectivity index (χ1n) is 22.2. The highest BCUT2D eigenvalue weighted by molar-refractivity contribution is 5.68. The van der Waals surface area contributed by atoms with Gasteiger partial charge in [0.15, 0.2) is 0 Å². The summed E-state index contributed by atoms with van der Waals surface area (Å²) in [7, 11) is 0. The first kappa shape index (κ1) is 34.9. The van der Waals surface area contributed by atoms with Gasteiger partial charge in [0, 0.05) is 0 Å². The van der Waals surface area contributed by atoms with E-state index in [-0.39, 0.29) is 0 Å². The molecule has 0 aromatic rings. The number of allylic oxidation sites excluding steroid dienone is 22. The van der Waals surface area contributed by atoms with Crippen LogP contribution in [-0.2, 0) is 0 Å². The third kappa shape index (κ3) is 6.84. The van der Waals surface area contributed by atoms with E-state index in [1.807, 2.05) is 0 Å². The molecule has 0 unspecified atom stereocenters. The van der Waals surface area contributed by atoms with Crippen molar-refractivity contribution in [1.29, 1.82) is 0 Å². The van der Waals surface area contributed by atoms with Crippen LogP contribution in [0, 0.1) is 47.3 Å². The molecule has 0 aromatic heterocycles. The van der Waals surface area contributed by atoms with Crippen LogP contribution in [0.5, 0.6) is 0 Å². The molecular weight excluding hydrogens is 625 g/mol. The smallest absolute Gasteiger partial charge is 0.00197 e. The molecule has 0 nitrogen and oxygen atoms in total. The van der Waals surface area contributed by atoms with Crippen LogP contribution < -0.4 is 0 Å². The SMILES string of the molecule is CC1CCC(C2=C3C=CC(=C3)C(C3CCC(C)CC3)=C3C=CC(=C(C4CCC(C)CC4)C4=CC(=C(C5CCC(C)CC5)C5=CC=C2C5)C=C4)C3)CC1. The Morgan fingerprint density at radius 2 is 0.673 bits per heavy atom. The summed E-state index contributed by atoms with van der Waals surface area (Å²) in [6, 6.07) is 0. The first-order chi connectivity index (χ1) is 25.4. The average Bonchev–Trinajstić information content (AvgIpc) is 3.99. The van der Waals surface area contributed by atoms with Crippen molar-refractivity contribution >= 4 is 0 Å². The van der Waals surface area contributed by atoms with E-state index in [0.29, 0.717) is 23.7 Å². The molecule has 0 spiro atoms. The summed E-state index contributed by atoms with van der Waals surface area (Å²) in [4.78, 5) is 0. The van der Waals surface area contributed by atoms with Gasteiger partial charge in [-0.25, -0.2) is 0 Å². The molecule has 0 heterocycles. The largest absolute Gasteiger partial charge is 0.0625 e. The second-order valence-electron chi connectivity index (χ2n) is 19.4. The van der Waals surface area contributed by atoms with Crippen molar-refractivity contribution in [2.75, 3.05) is 0 Å². The van der Waals surface area contributed by atoms with Crippen LogP contribution in [0.1, 0.15) is 143 Å². The van der Waals surface area contributed by atoms with Gasteiger partial charge in [-0.15, -0.1) is 0 Å². The molecule has 0 aliphatic heterocycles. The van der Waals surface area contributed by atoms with Crippen molar-refractivity contribution in [3.63, 3.8) is 0 Å². The lowest BCUT2D eigenvalue weighted by Gasteiger charge is -2.32. The Labute approximate surface area is 317 Å². The van der Waals surface area contributed by atoms with Crippen LogP contribution in [0.3, 0.4) is 0 Å². The van der Waals surface area contributed by atoms with Crippen molar-refractivity contribution in [3.8, 4) is 0 Å². The van der Waals surface area contributed by atoms with Gasteiger partial charge in [0.2, 0.25) is 0 Å². The summed E-state index contributed by atoms with van der Waals surface area (Å²) in [6.45, 7) is 9.93. The van der Waals surface area contributed by atoms with Crippen LogP contribution in [0.4, 0.5) is 0 Å². The minimum Gasteiger partial charge on any atom is -0.0625 e. The molecule has 0 aromatic carbocycles. The van der Waals surface area contributed by atoms with Crippen LogP contribution in [0.25, 0.3) is 0 Å². The van der Waals surface area contributed by atoms with E-state index < -0.39 is 0 Å². The van der Waals surface area contributed by atoms with Gasteiger partial charge in [-0.2, -0.15) is 0 Å². The van der Waals surface area contributed by atoms with E-state index in [4.69, 9.17) is 0 Å². The lowest BCUT2D eigenvalue weighted by Crippen LogP contribution is -2.18. The fourth-order valence-electron chi connectivity index (χ4n) is 12.3. The van der Waals surface area contributed by atoms with Crippen LogP contribution in [0.15, 0.2) is 128 Å². The minimum atomic E-state index is 0.683. The molecule has 9 aliphatic carbocycles. The molecule has 4 saturated carbocycles. The van der Waals surface area contributed by atoms with E-state index in [0.717, 1.165) is 36.5 Å². The van der Waals surface area contributed by atoms with Gasteiger partial charge in [0.25, 0.3) is 0 Å². The summed E-state index contributed by atoms with van der Waals surface area (Å²) in [5.41, 5.74) is 19.5. The van der Waals surface area contributed by atoms with Gasteiger partial charge in [-0.1, -0.05) is 128 Å². The third-order valence-electron chi connectivity index (χ3n) is 15.6. The standard InChI is InChI=1S/C52H66/c1-33-5-13-37(14-6-33)49-41-21-23-43(29-41)50(38-15-7-34(2)8-16-38)45-25-27-47(31-45)52(40-19-11-36(4)12-20-40)48-28-26-46(32-48)51(44-24-22-42(49)30-44)39-17-9-35(3)10-18-39/h21-29,32-40H,5-20,30-31H2,1-4H3. The maximum Gasteiger partial charge on any atom is -0.00197 e. The Morgan fingerprint density at radius 3 is 1.02 bits per heavy atom. The van der Waals surface area contributed by atoms with Crippen LogP contribution in [0.2, 0.25) is 0 Å². The molecule has 4 fully saturated rings. The summed E-state index contributed by atoms with van der Waals surface area (Å²) in [6.07, 6.45) is 50.0. The summed E-state index contributed by atoms with van der Waals surface area (Å²) in [5.74, 6) is 6.20. The van der Waals surface area contributed by atoms with Crippen molar-refractivity contribution < 1.29 is 0 Å². The Morgan fingerprint density at radius 1 is 0.346 bits per heavy atom. The quantitative estimate of drug-likeness (QED) is 0.275. The first-order valence-corrected chi connectivity index (χ1v) is 22.2. The second kappa shape index (κ2) is 14.8. The van der Waals surface area contributed by atoms with E-state index >= 15 is 0 Å². The van der Waals surface area contributed by atoms with Gasteiger partial charge >= 0.3 is 0 Å². The second-order valence-corrected chi connectivity index (χ2v) is 19.4. The Bertz CT molecular complexity index is 1650. The fraction of sp³-hybridized carbons (Fsp3) is 0.577. The van der Waals surface area contributed by atoms with Gasteiger partial charge in [0.05, 0.1) is 0 Å². The maximum atomic E-state index is 2.69. The molecule has 9 rings (SSSR count). The van der Waals surface area contributed by atoms with Crippen LogP contribution >= 0.6 is 0 Å². The number of hydrogen-bond donors (Lipinski definition) is 0. The fourth-order valence-corrected chi connectivity index (χ4v) is 12.3.